The first-order chi connectivity index (χ1) is 11.0. The second-order valence-electron chi connectivity index (χ2n) is 6.42. The number of nitrogens with zero attached hydrogens (tertiary/aromatic N) is 1. The van der Waals surface area contributed by atoms with Gasteiger partial charge in [-0.3, -0.25) is 4.98 Å². The van der Waals surface area contributed by atoms with E-state index in [9.17, 15) is 8.42 Å². The summed E-state index contributed by atoms with van der Waals surface area (Å²) in [5, 5.41) is 0.667. The number of rotatable bonds is 4. The number of nitrogens with two attached hydrogens (primary N) is 1. The van der Waals surface area contributed by atoms with Crippen molar-refractivity contribution in [1.29, 1.82) is 0 Å². The molecule has 0 amide bonds. The number of aryl methyl sites for hydroxylation is 1. The first kappa shape index (κ1) is 19.1. The summed E-state index contributed by atoms with van der Waals surface area (Å²) >= 11 is 0. The van der Waals surface area contributed by atoms with Crippen molar-refractivity contribution in [2.24, 2.45) is 11.7 Å². The molecule has 0 bridgehead atoms. The van der Waals surface area contributed by atoms with Gasteiger partial charge in [-0.2, -0.15) is 0 Å². The Labute approximate surface area is 149 Å². The Balaban J connectivity index is 0.00000208. The van der Waals surface area contributed by atoms with Crippen molar-refractivity contribution in [1.82, 2.24) is 9.71 Å². The lowest BCUT2D eigenvalue weighted by Crippen LogP contribution is -2.35. The highest BCUT2D eigenvalue weighted by Crippen LogP contribution is 2.26. The number of halogens is 1. The molecule has 1 saturated carbocycles. The quantitative estimate of drug-likeness (QED) is 0.867. The van der Waals surface area contributed by atoms with E-state index in [1.54, 1.807) is 30.5 Å². The molecule has 132 valence electrons. The molecule has 0 saturated heterocycles. The van der Waals surface area contributed by atoms with Crippen molar-refractivity contribution in [3.05, 3.63) is 36.0 Å². The normalized spacial score (nSPS) is 21.4. The number of pyridine rings is 1. The summed E-state index contributed by atoms with van der Waals surface area (Å²) in [4.78, 5) is 4.60. The third-order valence-electron chi connectivity index (χ3n) is 4.61. The van der Waals surface area contributed by atoms with E-state index in [1.807, 2.05) is 6.92 Å². The summed E-state index contributed by atoms with van der Waals surface area (Å²) in [5.41, 5.74) is 7.68. The molecule has 24 heavy (non-hydrogen) atoms. The lowest BCUT2D eigenvalue weighted by atomic mass is 9.86. The Kier molecular flexibility index (Phi) is 6.20. The second kappa shape index (κ2) is 7.78. The molecule has 1 aliphatic carbocycles. The summed E-state index contributed by atoms with van der Waals surface area (Å²) in [7, 11) is -3.55. The van der Waals surface area contributed by atoms with Crippen LogP contribution in [-0.2, 0) is 10.0 Å². The van der Waals surface area contributed by atoms with Gasteiger partial charge in [0.05, 0.1) is 10.4 Å². The van der Waals surface area contributed by atoms with Crippen molar-refractivity contribution in [3.63, 3.8) is 0 Å². The molecule has 2 aromatic rings. The number of hydrogen-bond acceptors (Lipinski definition) is 4. The van der Waals surface area contributed by atoms with Crippen LogP contribution in [0.5, 0.6) is 0 Å². The molecule has 3 N–H and O–H groups in total. The molecule has 1 fully saturated rings. The fourth-order valence-corrected chi connectivity index (χ4v) is 4.66. The van der Waals surface area contributed by atoms with Crippen LogP contribution in [0, 0.1) is 12.8 Å². The summed E-state index contributed by atoms with van der Waals surface area (Å²) < 4.78 is 28.2. The third-order valence-corrected chi connectivity index (χ3v) is 6.09. The number of sulfonamides is 1. The average Bonchev–Trinajstić information content (AvgIpc) is 2.53. The molecule has 2 unspecified atom stereocenters. The molecule has 2 atom stereocenters. The van der Waals surface area contributed by atoms with Gasteiger partial charge in [0.25, 0.3) is 0 Å². The second-order valence-corrected chi connectivity index (χ2v) is 8.16. The van der Waals surface area contributed by atoms with Crippen LogP contribution < -0.4 is 10.5 Å². The standard InChI is InChI=1S/C17H23N3O2S.ClH/c1-12-7-8-16(15-6-3-9-19-17(12)15)23(21,22)20-11-13-4-2-5-14(18)10-13;/h3,6-9,13-14,20H,2,4-5,10-11,18H2,1H3;1H. The maximum absolute atomic E-state index is 12.7. The maximum Gasteiger partial charge on any atom is 0.241 e. The number of nitrogens with one attached hydrogen (secondary N) is 1. The molecule has 5 nitrogen and oxygen atoms in total. The van der Waals surface area contributed by atoms with Crippen LogP contribution in [0.1, 0.15) is 31.2 Å². The van der Waals surface area contributed by atoms with Gasteiger partial charge >= 0.3 is 0 Å². The first-order valence-electron chi connectivity index (χ1n) is 8.07. The topological polar surface area (TPSA) is 85.1 Å². The number of benzene rings is 1. The highest BCUT2D eigenvalue weighted by molar-refractivity contribution is 7.89. The third kappa shape index (κ3) is 4.06. The van der Waals surface area contributed by atoms with Gasteiger partial charge in [0, 0.05) is 24.2 Å². The smallest absolute Gasteiger partial charge is 0.241 e. The highest BCUT2D eigenvalue weighted by atomic mass is 35.5. The Bertz CT molecular complexity index is 811. The van der Waals surface area contributed by atoms with Crippen molar-refractivity contribution < 1.29 is 8.42 Å². The lowest BCUT2D eigenvalue weighted by molar-refractivity contribution is 0.322. The minimum absolute atomic E-state index is 0. The van der Waals surface area contributed by atoms with Crippen molar-refractivity contribution in [3.8, 4) is 0 Å². The predicted molar refractivity (Wildman–Crippen MR) is 98.8 cm³/mol. The monoisotopic (exact) mass is 369 g/mol. The molecular formula is C17H24ClN3O2S. The van der Waals surface area contributed by atoms with Crippen LogP contribution in [-0.4, -0.2) is 26.0 Å². The Morgan fingerprint density at radius 2 is 2.08 bits per heavy atom. The molecule has 1 aromatic heterocycles. The molecular weight excluding hydrogens is 346 g/mol. The molecule has 0 radical (unpaired) electrons. The molecule has 0 spiro atoms. The minimum atomic E-state index is -3.55. The minimum Gasteiger partial charge on any atom is -0.328 e. The zero-order valence-corrected chi connectivity index (χ0v) is 15.4. The van der Waals surface area contributed by atoms with E-state index in [4.69, 9.17) is 5.73 Å². The van der Waals surface area contributed by atoms with Crippen LogP contribution in [0.25, 0.3) is 10.9 Å². The van der Waals surface area contributed by atoms with Crippen LogP contribution in [0.2, 0.25) is 0 Å². The summed E-state index contributed by atoms with van der Waals surface area (Å²) in [6, 6.07) is 7.23. The van der Waals surface area contributed by atoms with E-state index < -0.39 is 10.0 Å². The summed E-state index contributed by atoms with van der Waals surface area (Å²) in [6.07, 6.45) is 5.72. The van der Waals surface area contributed by atoms with Gasteiger partial charge in [0.2, 0.25) is 10.0 Å². The van der Waals surface area contributed by atoms with E-state index in [0.29, 0.717) is 22.7 Å². The van der Waals surface area contributed by atoms with Gasteiger partial charge in [-0.15, -0.1) is 12.4 Å². The Hall–Kier alpha value is -1.21. The van der Waals surface area contributed by atoms with E-state index in [0.717, 1.165) is 36.8 Å². The van der Waals surface area contributed by atoms with E-state index in [-0.39, 0.29) is 18.4 Å². The molecule has 1 aromatic carbocycles. The maximum atomic E-state index is 12.7. The van der Waals surface area contributed by atoms with Crippen LogP contribution in [0.4, 0.5) is 0 Å². The van der Waals surface area contributed by atoms with E-state index in [2.05, 4.69) is 9.71 Å². The average molecular weight is 370 g/mol. The summed E-state index contributed by atoms with van der Waals surface area (Å²) in [5.74, 6) is 0.323. The highest BCUT2D eigenvalue weighted by Gasteiger charge is 2.23. The Morgan fingerprint density at radius 3 is 2.83 bits per heavy atom. The van der Waals surface area contributed by atoms with Gasteiger partial charge in [0.1, 0.15) is 0 Å². The van der Waals surface area contributed by atoms with E-state index >= 15 is 0 Å². The SMILES string of the molecule is Cc1ccc(S(=O)(=O)NCC2CCCC(N)C2)c2cccnc12.Cl. The van der Waals surface area contributed by atoms with Gasteiger partial charge in [-0.25, -0.2) is 13.1 Å². The van der Waals surface area contributed by atoms with Crippen molar-refractivity contribution in [2.75, 3.05) is 6.54 Å². The van der Waals surface area contributed by atoms with Crippen molar-refractivity contribution in [2.45, 2.75) is 43.5 Å². The zero-order chi connectivity index (χ0) is 16.4. The van der Waals surface area contributed by atoms with Gasteiger partial charge in [-0.1, -0.05) is 12.5 Å². The van der Waals surface area contributed by atoms with Gasteiger partial charge in [-0.05, 0) is 55.9 Å². The fraction of sp³-hybridized carbons (Fsp3) is 0.471. The van der Waals surface area contributed by atoms with Crippen LogP contribution >= 0.6 is 12.4 Å². The zero-order valence-electron chi connectivity index (χ0n) is 13.7. The molecule has 1 aliphatic rings. The molecule has 7 heteroatoms. The largest absolute Gasteiger partial charge is 0.328 e. The number of aromatic nitrogens is 1. The van der Waals surface area contributed by atoms with Crippen LogP contribution in [0.15, 0.2) is 35.4 Å². The number of fused-ring (bicyclic) bond motifs is 1. The predicted octanol–water partition coefficient (Wildman–Crippen LogP) is 2.76. The molecule has 3 rings (SSSR count). The molecule has 1 heterocycles. The van der Waals surface area contributed by atoms with Crippen molar-refractivity contribution >= 4 is 33.3 Å². The molecule has 0 aliphatic heterocycles. The number of hydrogen-bond donors (Lipinski definition) is 2. The van der Waals surface area contributed by atoms with Gasteiger partial charge < -0.3 is 5.73 Å². The first-order valence-corrected chi connectivity index (χ1v) is 9.55. The summed E-state index contributed by atoms with van der Waals surface area (Å²) in [6.45, 7) is 2.38. The van der Waals surface area contributed by atoms with Gasteiger partial charge in [0.15, 0.2) is 0 Å². The van der Waals surface area contributed by atoms with Crippen LogP contribution in [0.3, 0.4) is 0 Å². The Morgan fingerprint density at radius 1 is 1.29 bits per heavy atom. The lowest BCUT2D eigenvalue weighted by Gasteiger charge is -2.26. The van der Waals surface area contributed by atoms with E-state index in [1.165, 1.54) is 0 Å². The fourth-order valence-electron chi connectivity index (χ4n) is 3.35.